The van der Waals surface area contributed by atoms with Gasteiger partial charge in [0.2, 0.25) is 11.8 Å². The maximum atomic E-state index is 13.5. The summed E-state index contributed by atoms with van der Waals surface area (Å²) in [5.74, 6) is -1.01. The van der Waals surface area contributed by atoms with Crippen LogP contribution < -0.4 is 21.3 Å². The van der Waals surface area contributed by atoms with Crippen LogP contribution in [0.2, 0.25) is 0 Å². The van der Waals surface area contributed by atoms with E-state index < -0.39 is 43.0 Å². The molecule has 0 aromatic heterocycles. The summed E-state index contributed by atoms with van der Waals surface area (Å²) >= 11 is 0. The zero-order valence-corrected chi connectivity index (χ0v) is 28.6. The van der Waals surface area contributed by atoms with E-state index >= 15 is 0 Å². The molecular formula is C36H47BN4O7. The van der Waals surface area contributed by atoms with Crippen LogP contribution in [-0.2, 0) is 35.0 Å². The number of ether oxygens (including phenoxy) is 1. The molecule has 256 valence electrons. The molecule has 3 aliphatic carbocycles. The third-order valence-electron chi connectivity index (χ3n) is 10.2. The van der Waals surface area contributed by atoms with E-state index in [-0.39, 0.29) is 41.8 Å². The van der Waals surface area contributed by atoms with Gasteiger partial charge in [-0.2, -0.15) is 0 Å². The topological polar surface area (TPSA) is 144 Å². The highest BCUT2D eigenvalue weighted by Crippen LogP contribution is 2.65. The van der Waals surface area contributed by atoms with E-state index in [9.17, 15) is 19.2 Å². The fourth-order valence-corrected chi connectivity index (χ4v) is 7.23. The molecule has 0 spiro atoms. The van der Waals surface area contributed by atoms with Crippen molar-refractivity contribution in [3.05, 3.63) is 77.5 Å². The maximum Gasteiger partial charge on any atom is 0.478 e. The average molecular weight is 659 g/mol. The fraction of sp³-hybridized carbons (Fsp3) is 0.500. The second kappa shape index (κ2) is 14.5. The van der Waals surface area contributed by atoms with Gasteiger partial charge >= 0.3 is 13.2 Å². The predicted molar refractivity (Wildman–Crippen MR) is 182 cm³/mol. The molecule has 11 nitrogen and oxygen atoms in total. The number of alkyl carbamates (subject to hydrolysis) is 1. The molecule has 2 bridgehead atoms. The minimum absolute atomic E-state index is 0.00234. The number of benzene rings is 2. The highest BCUT2D eigenvalue weighted by Gasteiger charge is 2.67. The van der Waals surface area contributed by atoms with E-state index in [0.29, 0.717) is 17.4 Å². The Kier molecular flexibility index (Phi) is 10.6. The van der Waals surface area contributed by atoms with E-state index in [1.54, 1.807) is 45.0 Å². The van der Waals surface area contributed by atoms with Crippen molar-refractivity contribution >= 4 is 37.0 Å². The molecule has 3 saturated carbocycles. The lowest BCUT2D eigenvalue weighted by molar-refractivity contribution is -0.199. The lowest BCUT2D eigenvalue weighted by Gasteiger charge is -2.64. The average Bonchev–Trinajstić information content (AvgIpc) is 3.41. The number of nitrogens with one attached hydrogen (secondary N) is 4. The Morgan fingerprint density at radius 3 is 2.25 bits per heavy atom. The largest absolute Gasteiger partial charge is 0.478 e. The van der Waals surface area contributed by atoms with Crippen molar-refractivity contribution in [1.29, 1.82) is 0 Å². The zero-order valence-electron chi connectivity index (χ0n) is 28.6. The fourth-order valence-electron chi connectivity index (χ4n) is 7.23. The first-order valence-corrected chi connectivity index (χ1v) is 16.7. The molecule has 6 rings (SSSR count). The van der Waals surface area contributed by atoms with Gasteiger partial charge in [0, 0.05) is 0 Å². The molecular weight excluding hydrogens is 611 g/mol. The van der Waals surface area contributed by atoms with Crippen LogP contribution in [0.1, 0.15) is 65.5 Å². The zero-order chi connectivity index (χ0) is 34.6. The summed E-state index contributed by atoms with van der Waals surface area (Å²) in [7, 11) is -0.574. The molecule has 0 radical (unpaired) electrons. The smallest absolute Gasteiger partial charge is 0.445 e. The van der Waals surface area contributed by atoms with Crippen LogP contribution in [0.3, 0.4) is 0 Å². The maximum absolute atomic E-state index is 13.5. The number of hydrogen-bond acceptors (Lipinski definition) is 7. The van der Waals surface area contributed by atoms with Gasteiger partial charge in [0.25, 0.3) is 5.91 Å². The number of amides is 4. The third kappa shape index (κ3) is 7.76. The summed E-state index contributed by atoms with van der Waals surface area (Å²) in [6.45, 7) is 11.8. The first-order chi connectivity index (χ1) is 22.8. The van der Waals surface area contributed by atoms with E-state index in [2.05, 4.69) is 42.0 Å². The van der Waals surface area contributed by atoms with Gasteiger partial charge < -0.3 is 35.3 Å². The SMILES string of the molecule is CC(C)C(NC(=O)OCc1ccccc1)C(=O)N/C(=C/c1ccccc1)C(=O)N[C@@H](C)C(=O)NCB1O[C@@H]2C[C@@H]3CC(C3(C)C)[C@]2(C)O1. The first kappa shape index (κ1) is 35.2. The molecule has 1 heterocycles. The highest BCUT2D eigenvalue weighted by atomic mass is 16.7. The van der Waals surface area contributed by atoms with Crippen LogP contribution in [0.5, 0.6) is 0 Å². The van der Waals surface area contributed by atoms with Gasteiger partial charge in [-0.05, 0) is 67.1 Å². The van der Waals surface area contributed by atoms with Gasteiger partial charge in [-0.25, -0.2) is 4.79 Å². The van der Waals surface area contributed by atoms with Crippen molar-refractivity contribution in [3.8, 4) is 0 Å². The van der Waals surface area contributed by atoms with Crippen LogP contribution in [0, 0.1) is 23.2 Å². The van der Waals surface area contributed by atoms with E-state index in [0.717, 1.165) is 18.4 Å². The Hall–Kier alpha value is -4.16. The Labute approximate surface area is 283 Å². The molecule has 4 aliphatic rings. The highest BCUT2D eigenvalue weighted by molar-refractivity contribution is 6.46. The number of carbonyl (C=O) groups excluding carboxylic acids is 4. The number of carbonyl (C=O) groups is 4. The standard InChI is InChI=1S/C36H47BN4O7/c1-22(2)30(41-34(45)46-20-25-15-11-8-12-16-25)33(44)40-27(17-24-13-9-7-10-14-24)32(43)39-23(3)31(42)38-21-37-47-29-19-26-18-28(35(26,4)5)36(29,6)48-37/h7-17,22-23,26,28-30H,18-21H2,1-6H3,(H,38,42)(H,39,43)(H,40,44)(H,41,45)/b27-17+/t23-,26-,28?,29+,30?,36-/m0/s1. The quantitative estimate of drug-likeness (QED) is 0.200. The molecule has 2 aromatic rings. The van der Waals surface area contributed by atoms with Crippen molar-refractivity contribution in [3.63, 3.8) is 0 Å². The molecule has 12 heteroatoms. The number of hydrogen-bond donors (Lipinski definition) is 4. The Bertz CT molecular complexity index is 1520. The van der Waals surface area contributed by atoms with Crippen LogP contribution in [-0.4, -0.2) is 61.2 Å². The van der Waals surface area contributed by atoms with Gasteiger partial charge in [0.05, 0.1) is 18.1 Å². The van der Waals surface area contributed by atoms with Gasteiger partial charge in [-0.1, -0.05) is 88.4 Å². The molecule has 4 N–H and O–H groups in total. The van der Waals surface area contributed by atoms with E-state index in [1.807, 2.05) is 36.4 Å². The lowest BCUT2D eigenvalue weighted by Crippen LogP contribution is -2.65. The van der Waals surface area contributed by atoms with Crippen LogP contribution in [0.4, 0.5) is 4.79 Å². The molecule has 1 saturated heterocycles. The summed E-state index contributed by atoms with van der Waals surface area (Å²) in [4.78, 5) is 52.6. The summed E-state index contributed by atoms with van der Waals surface area (Å²) in [6.07, 6.45) is 2.97. The summed E-state index contributed by atoms with van der Waals surface area (Å²) in [5.41, 5.74) is 1.20. The molecule has 4 amide bonds. The normalized spacial score (nSPS) is 25.2. The van der Waals surface area contributed by atoms with Crippen molar-refractivity contribution in [2.24, 2.45) is 23.2 Å². The monoisotopic (exact) mass is 658 g/mol. The van der Waals surface area contributed by atoms with Crippen molar-refractivity contribution < 1.29 is 33.2 Å². The minimum Gasteiger partial charge on any atom is -0.445 e. The second-order valence-corrected chi connectivity index (χ2v) is 14.2. The number of rotatable bonds is 12. The summed E-state index contributed by atoms with van der Waals surface area (Å²) in [5, 5.41) is 10.8. The molecule has 1 aliphatic heterocycles. The summed E-state index contributed by atoms with van der Waals surface area (Å²) in [6, 6.07) is 16.2. The Morgan fingerprint density at radius 1 is 0.938 bits per heavy atom. The van der Waals surface area contributed by atoms with Crippen LogP contribution in [0.25, 0.3) is 6.08 Å². The van der Waals surface area contributed by atoms with Gasteiger partial charge in [0.15, 0.2) is 0 Å². The van der Waals surface area contributed by atoms with Crippen LogP contribution in [0.15, 0.2) is 66.4 Å². The Morgan fingerprint density at radius 2 is 1.60 bits per heavy atom. The van der Waals surface area contributed by atoms with Crippen LogP contribution >= 0.6 is 0 Å². The van der Waals surface area contributed by atoms with Crippen molar-refractivity contribution in [2.75, 3.05) is 6.44 Å². The first-order valence-electron chi connectivity index (χ1n) is 16.7. The summed E-state index contributed by atoms with van der Waals surface area (Å²) < 4.78 is 17.9. The molecule has 6 atom stereocenters. The molecule has 2 unspecified atom stereocenters. The predicted octanol–water partition coefficient (Wildman–Crippen LogP) is 3.98. The minimum atomic E-state index is -1.01. The Balaban J connectivity index is 1.18. The van der Waals surface area contributed by atoms with Gasteiger partial charge in [-0.15, -0.1) is 0 Å². The van der Waals surface area contributed by atoms with Gasteiger partial charge in [0.1, 0.15) is 24.4 Å². The van der Waals surface area contributed by atoms with Gasteiger partial charge in [-0.3, -0.25) is 14.4 Å². The molecule has 4 fully saturated rings. The van der Waals surface area contributed by atoms with Crippen molar-refractivity contribution in [1.82, 2.24) is 21.3 Å². The molecule has 48 heavy (non-hydrogen) atoms. The van der Waals surface area contributed by atoms with E-state index in [1.165, 1.54) is 6.08 Å². The van der Waals surface area contributed by atoms with E-state index in [4.69, 9.17) is 14.0 Å². The third-order valence-corrected chi connectivity index (χ3v) is 10.2. The second-order valence-electron chi connectivity index (χ2n) is 14.2. The lowest BCUT2D eigenvalue weighted by atomic mass is 9.43. The van der Waals surface area contributed by atoms with Crippen molar-refractivity contribution in [2.45, 2.75) is 84.8 Å². The molecule has 2 aromatic carbocycles.